The molecular weight excluding hydrogens is 342 g/mol. The van der Waals surface area contributed by atoms with Crippen molar-refractivity contribution >= 4 is 10.2 Å². The molecule has 8 nitrogen and oxygen atoms in total. The first kappa shape index (κ1) is 18.8. The Hall–Kier alpha value is -1.00. The predicted octanol–water partition coefficient (Wildman–Crippen LogP) is 0.402. The number of aromatic nitrogens is 2. The SMILES string of the molecule is CC(C)(C)c1[nH]ncc1CN1CCN(S(=O)(=O)N2CCOCC2)CC1. The van der Waals surface area contributed by atoms with E-state index in [-0.39, 0.29) is 5.41 Å². The second-order valence-electron chi connectivity index (χ2n) is 7.71. The molecule has 2 saturated heterocycles. The largest absolute Gasteiger partial charge is 0.379 e. The Morgan fingerprint density at radius 2 is 1.68 bits per heavy atom. The molecule has 1 aromatic rings. The van der Waals surface area contributed by atoms with Gasteiger partial charge in [0.05, 0.1) is 19.4 Å². The predicted molar refractivity (Wildman–Crippen MR) is 95.4 cm³/mol. The molecule has 0 aliphatic carbocycles. The summed E-state index contributed by atoms with van der Waals surface area (Å²) in [5.41, 5.74) is 2.36. The highest BCUT2D eigenvalue weighted by molar-refractivity contribution is 7.86. The van der Waals surface area contributed by atoms with E-state index in [0.29, 0.717) is 39.4 Å². The van der Waals surface area contributed by atoms with E-state index in [0.717, 1.165) is 25.3 Å². The molecule has 2 fully saturated rings. The molecule has 0 atom stereocenters. The average Bonchev–Trinajstić information content (AvgIpc) is 3.05. The van der Waals surface area contributed by atoms with E-state index >= 15 is 0 Å². The number of piperazine rings is 1. The van der Waals surface area contributed by atoms with Crippen molar-refractivity contribution in [3.63, 3.8) is 0 Å². The number of rotatable bonds is 4. The molecule has 1 N–H and O–H groups in total. The zero-order valence-electron chi connectivity index (χ0n) is 15.4. The molecule has 2 aliphatic rings. The van der Waals surface area contributed by atoms with Gasteiger partial charge < -0.3 is 4.74 Å². The van der Waals surface area contributed by atoms with Gasteiger partial charge in [0.2, 0.25) is 0 Å². The fourth-order valence-electron chi connectivity index (χ4n) is 3.38. The molecule has 0 bridgehead atoms. The van der Waals surface area contributed by atoms with Crippen molar-refractivity contribution in [3.05, 3.63) is 17.5 Å². The van der Waals surface area contributed by atoms with Gasteiger partial charge in [-0.3, -0.25) is 10.00 Å². The van der Waals surface area contributed by atoms with Gasteiger partial charge in [-0.15, -0.1) is 0 Å². The first-order valence-corrected chi connectivity index (χ1v) is 10.3. The highest BCUT2D eigenvalue weighted by Gasteiger charge is 2.33. The number of H-pyrrole nitrogens is 1. The normalized spacial score (nSPS) is 22.4. The van der Waals surface area contributed by atoms with E-state index in [2.05, 4.69) is 35.9 Å². The molecule has 0 spiro atoms. The summed E-state index contributed by atoms with van der Waals surface area (Å²) in [4.78, 5) is 2.30. The van der Waals surface area contributed by atoms with Crippen LogP contribution in [0.3, 0.4) is 0 Å². The zero-order valence-corrected chi connectivity index (χ0v) is 16.2. The van der Waals surface area contributed by atoms with Gasteiger partial charge >= 0.3 is 0 Å². The summed E-state index contributed by atoms with van der Waals surface area (Å²) in [5.74, 6) is 0. The molecular formula is C16H29N5O3S. The monoisotopic (exact) mass is 371 g/mol. The minimum absolute atomic E-state index is 0.0212. The first-order valence-electron chi connectivity index (χ1n) is 8.86. The third kappa shape index (κ3) is 4.22. The summed E-state index contributed by atoms with van der Waals surface area (Å²) >= 11 is 0. The van der Waals surface area contributed by atoms with Gasteiger partial charge in [0.25, 0.3) is 10.2 Å². The maximum atomic E-state index is 12.7. The van der Waals surface area contributed by atoms with E-state index in [1.807, 2.05) is 6.20 Å². The highest BCUT2D eigenvalue weighted by atomic mass is 32.2. The maximum Gasteiger partial charge on any atom is 0.282 e. The van der Waals surface area contributed by atoms with E-state index < -0.39 is 10.2 Å². The van der Waals surface area contributed by atoms with Crippen molar-refractivity contribution in [2.75, 3.05) is 52.5 Å². The number of morpholine rings is 1. The van der Waals surface area contributed by atoms with Crippen LogP contribution in [0.5, 0.6) is 0 Å². The van der Waals surface area contributed by atoms with Gasteiger partial charge in [-0.2, -0.15) is 22.1 Å². The summed E-state index contributed by atoms with van der Waals surface area (Å²) in [5, 5.41) is 7.30. The van der Waals surface area contributed by atoms with Crippen LogP contribution in [-0.4, -0.2) is 84.6 Å². The first-order chi connectivity index (χ1) is 11.8. The van der Waals surface area contributed by atoms with Crippen LogP contribution in [0.4, 0.5) is 0 Å². The summed E-state index contributed by atoms with van der Waals surface area (Å²) in [6.07, 6.45) is 1.89. The lowest BCUT2D eigenvalue weighted by Gasteiger charge is -2.37. The van der Waals surface area contributed by atoms with Gasteiger partial charge in [0.1, 0.15) is 0 Å². The van der Waals surface area contributed by atoms with Crippen molar-refractivity contribution < 1.29 is 13.2 Å². The van der Waals surface area contributed by atoms with Crippen LogP contribution >= 0.6 is 0 Å². The molecule has 2 aliphatic heterocycles. The Balaban J connectivity index is 1.58. The lowest BCUT2D eigenvalue weighted by Crippen LogP contribution is -2.54. The molecule has 0 radical (unpaired) electrons. The lowest BCUT2D eigenvalue weighted by atomic mass is 9.89. The topological polar surface area (TPSA) is 81.8 Å². The molecule has 3 heterocycles. The van der Waals surface area contributed by atoms with Gasteiger partial charge in [-0.25, -0.2) is 0 Å². The lowest BCUT2D eigenvalue weighted by molar-refractivity contribution is 0.0684. The number of aromatic amines is 1. The van der Waals surface area contributed by atoms with Gasteiger partial charge in [0, 0.05) is 62.5 Å². The Bertz CT molecular complexity index is 668. The standard InChI is InChI=1S/C16H29N5O3S/c1-16(2,3)15-14(12-17-18-15)13-19-4-6-20(7-5-19)25(22,23)21-8-10-24-11-9-21/h12H,4-11,13H2,1-3H3,(H,17,18). The Kier molecular flexibility index (Phi) is 5.50. The Morgan fingerprint density at radius 3 is 2.28 bits per heavy atom. The molecule has 0 amide bonds. The molecule has 142 valence electrons. The summed E-state index contributed by atoms with van der Waals surface area (Å²) in [6.45, 7) is 11.7. The van der Waals surface area contributed by atoms with Crippen molar-refractivity contribution in [2.45, 2.75) is 32.7 Å². The molecule has 25 heavy (non-hydrogen) atoms. The number of hydrogen-bond acceptors (Lipinski definition) is 5. The van der Waals surface area contributed by atoms with Crippen molar-refractivity contribution in [2.24, 2.45) is 0 Å². The Labute approximate surface area is 150 Å². The zero-order chi connectivity index (χ0) is 18.1. The van der Waals surface area contributed by atoms with E-state index in [9.17, 15) is 8.42 Å². The summed E-state index contributed by atoms with van der Waals surface area (Å²) < 4.78 is 33.8. The second kappa shape index (κ2) is 7.32. The number of ether oxygens (including phenoxy) is 1. The summed E-state index contributed by atoms with van der Waals surface area (Å²) in [6, 6.07) is 0. The van der Waals surface area contributed by atoms with Crippen LogP contribution in [0.2, 0.25) is 0 Å². The van der Waals surface area contributed by atoms with Crippen LogP contribution in [0.15, 0.2) is 6.20 Å². The van der Waals surface area contributed by atoms with E-state index in [1.54, 1.807) is 8.61 Å². The fraction of sp³-hybridized carbons (Fsp3) is 0.812. The van der Waals surface area contributed by atoms with Crippen molar-refractivity contribution in [3.8, 4) is 0 Å². The molecule has 0 unspecified atom stereocenters. The molecule has 3 rings (SSSR count). The average molecular weight is 372 g/mol. The van der Waals surface area contributed by atoms with Gasteiger partial charge in [-0.1, -0.05) is 20.8 Å². The minimum Gasteiger partial charge on any atom is -0.379 e. The number of nitrogens with zero attached hydrogens (tertiary/aromatic N) is 4. The minimum atomic E-state index is -3.36. The third-order valence-corrected chi connectivity index (χ3v) is 6.85. The molecule has 1 aromatic heterocycles. The quantitative estimate of drug-likeness (QED) is 0.829. The van der Waals surface area contributed by atoms with Crippen LogP contribution in [0.25, 0.3) is 0 Å². The van der Waals surface area contributed by atoms with Gasteiger partial charge in [-0.05, 0) is 0 Å². The highest BCUT2D eigenvalue weighted by Crippen LogP contribution is 2.25. The van der Waals surface area contributed by atoms with E-state index in [4.69, 9.17) is 4.74 Å². The number of hydrogen-bond donors (Lipinski definition) is 1. The van der Waals surface area contributed by atoms with Crippen molar-refractivity contribution in [1.29, 1.82) is 0 Å². The van der Waals surface area contributed by atoms with Crippen LogP contribution in [0.1, 0.15) is 32.0 Å². The fourth-order valence-corrected chi connectivity index (χ4v) is 4.94. The smallest absolute Gasteiger partial charge is 0.282 e. The molecule has 0 saturated carbocycles. The van der Waals surface area contributed by atoms with Crippen LogP contribution in [0, 0.1) is 0 Å². The van der Waals surface area contributed by atoms with Crippen LogP contribution in [-0.2, 0) is 26.9 Å². The second-order valence-corrected chi connectivity index (χ2v) is 9.64. The van der Waals surface area contributed by atoms with Gasteiger partial charge in [0.15, 0.2) is 0 Å². The number of nitrogens with one attached hydrogen (secondary N) is 1. The maximum absolute atomic E-state index is 12.7. The Morgan fingerprint density at radius 1 is 1.08 bits per heavy atom. The van der Waals surface area contributed by atoms with Crippen LogP contribution < -0.4 is 0 Å². The van der Waals surface area contributed by atoms with Crippen molar-refractivity contribution in [1.82, 2.24) is 23.7 Å². The molecule has 0 aromatic carbocycles. The third-order valence-electron chi connectivity index (χ3n) is 4.82. The molecule has 9 heteroatoms. The van der Waals surface area contributed by atoms with E-state index in [1.165, 1.54) is 5.56 Å². The summed E-state index contributed by atoms with van der Waals surface area (Å²) in [7, 11) is -3.36.